The molecule has 1 aromatic rings. The zero-order valence-corrected chi connectivity index (χ0v) is 15.2. The zero-order valence-electron chi connectivity index (χ0n) is 15.2. The van der Waals surface area contributed by atoms with Crippen molar-refractivity contribution < 1.29 is 28.9 Å². The van der Waals surface area contributed by atoms with Crippen LogP contribution in [0.1, 0.15) is 37.6 Å². The molecule has 2 atom stereocenters. The summed E-state index contributed by atoms with van der Waals surface area (Å²) in [5.41, 5.74) is -1.86. The molecule has 2 rings (SSSR count). The SMILES string of the molecule is CCOC1CC(NC(=O)c2cc(OC)cc(OC)c2)(C(=O)O)C1(C)C. The van der Waals surface area contributed by atoms with E-state index < -0.39 is 22.8 Å². The Hall–Kier alpha value is -2.28. The second-order valence-corrected chi connectivity index (χ2v) is 6.64. The van der Waals surface area contributed by atoms with Crippen LogP contribution in [0.15, 0.2) is 18.2 Å². The molecule has 7 heteroatoms. The fourth-order valence-corrected chi connectivity index (χ4v) is 3.24. The molecule has 2 unspecified atom stereocenters. The largest absolute Gasteiger partial charge is 0.497 e. The van der Waals surface area contributed by atoms with Gasteiger partial charge in [-0.1, -0.05) is 13.8 Å². The lowest BCUT2D eigenvalue weighted by Gasteiger charge is -2.58. The first-order chi connectivity index (χ1) is 11.7. The minimum Gasteiger partial charge on any atom is -0.497 e. The van der Waals surface area contributed by atoms with Crippen molar-refractivity contribution in [3.63, 3.8) is 0 Å². The van der Waals surface area contributed by atoms with Gasteiger partial charge in [-0.2, -0.15) is 0 Å². The van der Waals surface area contributed by atoms with Gasteiger partial charge in [0.05, 0.1) is 20.3 Å². The Morgan fingerprint density at radius 2 is 1.76 bits per heavy atom. The fraction of sp³-hybridized carbons (Fsp3) is 0.556. The van der Waals surface area contributed by atoms with Gasteiger partial charge in [-0.25, -0.2) is 4.79 Å². The molecular formula is C18H25NO6. The summed E-state index contributed by atoms with van der Waals surface area (Å²) in [5, 5.41) is 12.5. The molecule has 7 nitrogen and oxygen atoms in total. The maximum atomic E-state index is 12.7. The number of carbonyl (C=O) groups excluding carboxylic acids is 1. The average molecular weight is 351 g/mol. The van der Waals surface area contributed by atoms with Gasteiger partial charge in [0.15, 0.2) is 0 Å². The number of rotatable bonds is 7. The van der Waals surface area contributed by atoms with Crippen LogP contribution in [0.5, 0.6) is 11.5 Å². The molecule has 25 heavy (non-hydrogen) atoms. The molecule has 0 radical (unpaired) electrons. The Labute approximate surface area is 147 Å². The van der Waals surface area contributed by atoms with E-state index in [4.69, 9.17) is 14.2 Å². The highest BCUT2D eigenvalue weighted by Gasteiger charge is 2.66. The van der Waals surface area contributed by atoms with E-state index in [0.29, 0.717) is 18.1 Å². The van der Waals surface area contributed by atoms with E-state index in [9.17, 15) is 14.7 Å². The van der Waals surface area contributed by atoms with Crippen LogP contribution >= 0.6 is 0 Å². The van der Waals surface area contributed by atoms with Crippen molar-refractivity contribution in [3.8, 4) is 11.5 Å². The van der Waals surface area contributed by atoms with E-state index >= 15 is 0 Å². The van der Waals surface area contributed by atoms with Crippen LogP contribution in [0.4, 0.5) is 0 Å². The molecule has 0 saturated heterocycles. The summed E-state index contributed by atoms with van der Waals surface area (Å²) in [6.45, 7) is 5.93. The highest BCUT2D eigenvalue weighted by molar-refractivity contribution is 5.99. The minimum atomic E-state index is -1.39. The zero-order chi connectivity index (χ0) is 18.8. The topological polar surface area (TPSA) is 94.1 Å². The summed E-state index contributed by atoms with van der Waals surface area (Å²) in [4.78, 5) is 24.7. The highest BCUT2D eigenvalue weighted by Crippen LogP contribution is 2.51. The standard InChI is InChI=1S/C18H25NO6/c1-6-25-14-10-18(16(21)22,17(14,2)3)19-15(20)11-7-12(23-4)9-13(8-11)24-5/h7-9,14H,6,10H2,1-5H3,(H,19,20)(H,21,22). The van der Waals surface area contributed by atoms with Gasteiger partial charge < -0.3 is 24.6 Å². The lowest BCUT2D eigenvalue weighted by atomic mass is 9.54. The van der Waals surface area contributed by atoms with E-state index in [-0.39, 0.29) is 18.1 Å². The van der Waals surface area contributed by atoms with Crippen LogP contribution in [-0.2, 0) is 9.53 Å². The van der Waals surface area contributed by atoms with E-state index in [1.54, 1.807) is 32.0 Å². The lowest BCUT2D eigenvalue weighted by molar-refractivity contribution is -0.190. The maximum Gasteiger partial charge on any atom is 0.330 e. The van der Waals surface area contributed by atoms with Gasteiger partial charge in [0.25, 0.3) is 5.91 Å². The molecule has 2 N–H and O–H groups in total. The van der Waals surface area contributed by atoms with Crippen molar-refractivity contribution >= 4 is 11.9 Å². The number of aliphatic carboxylic acids is 1. The van der Waals surface area contributed by atoms with Crippen molar-refractivity contribution in [2.24, 2.45) is 5.41 Å². The van der Waals surface area contributed by atoms with Crippen molar-refractivity contribution in [2.75, 3.05) is 20.8 Å². The predicted molar refractivity (Wildman–Crippen MR) is 91.2 cm³/mol. The smallest absolute Gasteiger partial charge is 0.330 e. The Bertz CT molecular complexity index is 649. The molecule has 0 aromatic heterocycles. The number of benzene rings is 1. The molecule has 138 valence electrons. The third kappa shape index (κ3) is 3.16. The Balaban J connectivity index is 2.30. The molecule has 1 aromatic carbocycles. The fourth-order valence-electron chi connectivity index (χ4n) is 3.24. The summed E-state index contributed by atoms with van der Waals surface area (Å²) < 4.78 is 15.9. The van der Waals surface area contributed by atoms with Crippen LogP contribution < -0.4 is 14.8 Å². The van der Waals surface area contributed by atoms with Crippen LogP contribution in [0, 0.1) is 5.41 Å². The van der Waals surface area contributed by atoms with Gasteiger partial charge in [-0.3, -0.25) is 4.79 Å². The quantitative estimate of drug-likeness (QED) is 0.781. The van der Waals surface area contributed by atoms with Crippen LogP contribution in [0.3, 0.4) is 0 Å². The summed E-state index contributed by atoms with van der Waals surface area (Å²) in [6.07, 6.45) is -0.00974. The molecule has 1 aliphatic carbocycles. The first-order valence-corrected chi connectivity index (χ1v) is 8.12. The number of hydrogen-bond donors (Lipinski definition) is 2. The molecule has 0 aliphatic heterocycles. The van der Waals surface area contributed by atoms with E-state index in [1.807, 2.05) is 6.92 Å². The Morgan fingerprint density at radius 3 is 2.16 bits per heavy atom. The molecule has 0 spiro atoms. The maximum absolute atomic E-state index is 12.7. The van der Waals surface area contributed by atoms with Crippen molar-refractivity contribution in [2.45, 2.75) is 38.8 Å². The highest BCUT2D eigenvalue weighted by atomic mass is 16.5. The van der Waals surface area contributed by atoms with Gasteiger partial charge in [-0.15, -0.1) is 0 Å². The monoisotopic (exact) mass is 351 g/mol. The molecule has 1 amide bonds. The van der Waals surface area contributed by atoms with Crippen molar-refractivity contribution in [3.05, 3.63) is 23.8 Å². The number of carbonyl (C=O) groups is 2. The molecular weight excluding hydrogens is 326 g/mol. The number of carboxylic acids is 1. The normalized spacial score (nSPS) is 24.1. The Kier molecular flexibility index (Phi) is 5.27. The van der Waals surface area contributed by atoms with E-state index in [0.717, 1.165) is 0 Å². The number of methoxy groups -OCH3 is 2. The van der Waals surface area contributed by atoms with Gasteiger partial charge in [0.1, 0.15) is 17.0 Å². The van der Waals surface area contributed by atoms with Crippen molar-refractivity contribution in [1.29, 1.82) is 0 Å². The number of carboxylic acid groups (broad SMARTS) is 1. The molecule has 1 saturated carbocycles. The second kappa shape index (κ2) is 6.92. The number of hydrogen-bond acceptors (Lipinski definition) is 5. The van der Waals surface area contributed by atoms with Crippen LogP contribution in [0.25, 0.3) is 0 Å². The van der Waals surface area contributed by atoms with Gasteiger partial charge >= 0.3 is 5.97 Å². The molecule has 0 bridgehead atoms. The Morgan fingerprint density at radius 1 is 1.20 bits per heavy atom. The number of ether oxygens (including phenoxy) is 3. The summed E-state index contributed by atoms with van der Waals surface area (Å²) in [7, 11) is 2.97. The summed E-state index contributed by atoms with van der Waals surface area (Å²) in [6, 6.07) is 4.72. The predicted octanol–water partition coefficient (Wildman–Crippen LogP) is 2.09. The third-order valence-corrected chi connectivity index (χ3v) is 5.07. The van der Waals surface area contributed by atoms with Gasteiger partial charge in [0, 0.05) is 30.1 Å². The first-order valence-electron chi connectivity index (χ1n) is 8.12. The second-order valence-electron chi connectivity index (χ2n) is 6.64. The summed E-state index contributed by atoms with van der Waals surface area (Å²) >= 11 is 0. The average Bonchev–Trinajstić information content (AvgIpc) is 2.59. The van der Waals surface area contributed by atoms with Crippen LogP contribution in [-0.4, -0.2) is 49.5 Å². The minimum absolute atomic E-state index is 0.218. The number of nitrogens with one attached hydrogen (secondary N) is 1. The van der Waals surface area contributed by atoms with Gasteiger partial charge in [0.2, 0.25) is 0 Å². The molecule has 0 heterocycles. The van der Waals surface area contributed by atoms with Crippen LogP contribution in [0.2, 0.25) is 0 Å². The third-order valence-electron chi connectivity index (χ3n) is 5.07. The molecule has 1 aliphatic rings. The van der Waals surface area contributed by atoms with E-state index in [1.165, 1.54) is 14.2 Å². The van der Waals surface area contributed by atoms with E-state index in [2.05, 4.69) is 5.32 Å². The lowest BCUT2D eigenvalue weighted by Crippen LogP contribution is -2.76. The number of amides is 1. The molecule has 1 fully saturated rings. The summed E-state index contributed by atoms with van der Waals surface area (Å²) in [5.74, 6) is -0.665. The van der Waals surface area contributed by atoms with Gasteiger partial charge in [-0.05, 0) is 19.1 Å². The first kappa shape index (κ1) is 19.1. The van der Waals surface area contributed by atoms with Crippen molar-refractivity contribution in [1.82, 2.24) is 5.32 Å².